The van der Waals surface area contributed by atoms with Crippen molar-refractivity contribution in [1.29, 1.82) is 0 Å². The third kappa shape index (κ3) is 3.71. The second kappa shape index (κ2) is 6.91. The van der Waals surface area contributed by atoms with Crippen LogP contribution in [-0.4, -0.2) is 54.5 Å². The van der Waals surface area contributed by atoms with Crippen molar-refractivity contribution in [2.24, 2.45) is 5.73 Å². The molecule has 0 aromatic heterocycles. The van der Waals surface area contributed by atoms with Gasteiger partial charge in [0, 0.05) is 26.2 Å². The van der Waals surface area contributed by atoms with E-state index >= 15 is 0 Å². The Kier molecular flexibility index (Phi) is 4.95. The Balaban J connectivity index is 1.81. The number of carbonyl (C=O) groups excluding carboxylic acids is 2. The van der Waals surface area contributed by atoms with Crippen molar-refractivity contribution in [1.82, 2.24) is 9.80 Å². The number of ether oxygens (including phenoxy) is 1. The summed E-state index contributed by atoms with van der Waals surface area (Å²) in [4.78, 5) is 26.8. The molecule has 20 heavy (non-hydrogen) atoms. The predicted molar refractivity (Wildman–Crippen MR) is 73.8 cm³/mol. The molecule has 1 heterocycles. The van der Waals surface area contributed by atoms with Gasteiger partial charge in [-0.2, -0.15) is 0 Å². The van der Waals surface area contributed by atoms with Crippen LogP contribution in [0.1, 0.15) is 5.56 Å². The van der Waals surface area contributed by atoms with Crippen LogP contribution in [0.4, 0.5) is 4.79 Å². The van der Waals surface area contributed by atoms with E-state index in [2.05, 4.69) is 0 Å². The molecule has 2 amide bonds. The first kappa shape index (κ1) is 14.3. The molecule has 0 radical (unpaired) electrons. The predicted octanol–water partition coefficient (Wildman–Crippen LogP) is 0.426. The van der Waals surface area contributed by atoms with Gasteiger partial charge in [-0.1, -0.05) is 30.3 Å². The molecule has 0 saturated carbocycles. The van der Waals surface area contributed by atoms with Gasteiger partial charge in [0.05, 0.1) is 0 Å². The maximum Gasteiger partial charge on any atom is 0.410 e. The Labute approximate surface area is 118 Å². The van der Waals surface area contributed by atoms with Gasteiger partial charge in [-0.3, -0.25) is 9.69 Å². The van der Waals surface area contributed by atoms with E-state index in [4.69, 9.17) is 10.5 Å². The monoisotopic (exact) mass is 277 g/mol. The highest BCUT2D eigenvalue weighted by atomic mass is 16.6. The van der Waals surface area contributed by atoms with Crippen LogP contribution < -0.4 is 5.73 Å². The SMILES string of the molecule is NCCN1CCN(C(=O)OCc2ccccc2)CC1=O. The number of hydrogen-bond donors (Lipinski definition) is 1. The first-order valence-corrected chi connectivity index (χ1v) is 6.64. The lowest BCUT2D eigenvalue weighted by atomic mass is 10.2. The summed E-state index contributed by atoms with van der Waals surface area (Å²) in [6.45, 7) is 2.25. The van der Waals surface area contributed by atoms with Gasteiger partial charge in [0.15, 0.2) is 0 Å². The summed E-state index contributed by atoms with van der Waals surface area (Å²) in [6, 6.07) is 9.45. The molecule has 108 valence electrons. The summed E-state index contributed by atoms with van der Waals surface area (Å²) in [7, 11) is 0. The quantitative estimate of drug-likeness (QED) is 0.865. The van der Waals surface area contributed by atoms with Crippen molar-refractivity contribution in [3.63, 3.8) is 0 Å². The fraction of sp³-hybridized carbons (Fsp3) is 0.429. The molecule has 1 saturated heterocycles. The van der Waals surface area contributed by atoms with Crippen LogP contribution >= 0.6 is 0 Å². The molecular formula is C14H19N3O3. The minimum Gasteiger partial charge on any atom is -0.445 e. The highest BCUT2D eigenvalue weighted by molar-refractivity contribution is 5.83. The first-order valence-electron chi connectivity index (χ1n) is 6.64. The lowest BCUT2D eigenvalue weighted by Crippen LogP contribution is -2.53. The third-order valence-electron chi connectivity index (χ3n) is 3.18. The van der Waals surface area contributed by atoms with E-state index in [9.17, 15) is 9.59 Å². The number of carbonyl (C=O) groups is 2. The minimum absolute atomic E-state index is 0.0631. The van der Waals surface area contributed by atoms with E-state index in [0.717, 1.165) is 5.56 Å². The smallest absolute Gasteiger partial charge is 0.410 e. The van der Waals surface area contributed by atoms with Gasteiger partial charge in [-0.25, -0.2) is 4.79 Å². The molecular weight excluding hydrogens is 258 g/mol. The van der Waals surface area contributed by atoms with Crippen molar-refractivity contribution < 1.29 is 14.3 Å². The van der Waals surface area contributed by atoms with Gasteiger partial charge in [-0.05, 0) is 5.56 Å². The van der Waals surface area contributed by atoms with E-state index < -0.39 is 6.09 Å². The summed E-state index contributed by atoms with van der Waals surface area (Å²) < 4.78 is 5.20. The molecule has 0 atom stereocenters. The number of nitrogens with zero attached hydrogens (tertiary/aromatic N) is 2. The zero-order valence-corrected chi connectivity index (χ0v) is 11.3. The summed E-state index contributed by atoms with van der Waals surface area (Å²) >= 11 is 0. The normalized spacial score (nSPS) is 15.3. The van der Waals surface area contributed by atoms with Crippen LogP contribution in [0.25, 0.3) is 0 Å². The molecule has 0 spiro atoms. The highest BCUT2D eigenvalue weighted by Crippen LogP contribution is 2.07. The number of benzene rings is 1. The first-order chi connectivity index (χ1) is 9.70. The van der Waals surface area contributed by atoms with Crippen LogP contribution in [0.15, 0.2) is 30.3 Å². The van der Waals surface area contributed by atoms with Gasteiger partial charge in [0.2, 0.25) is 5.91 Å². The zero-order valence-electron chi connectivity index (χ0n) is 11.3. The largest absolute Gasteiger partial charge is 0.445 e. The molecule has 2 N–H and O–H groups in total. The van der Waals surface area contributed by atoms with Crippen LogP contribution in [0, 0.1) is 0 Å². The number of hydrogen-bond acceptors (Lipinski definition) is 4. The lowest BCUT2D eigenvalue weighted by Gasteiger charge is -2.33. The van der Waals surface area contributed by atoms with E-state index in [1.165, 1.54) is 4.90 Å². The highest BCUT2D eigenvalue weighted by Gasteiger charge is 2.27. The van der Waals surface area contributed by atoms with Crippen LogP contribution in [0.2, 0.25) is 0 Å². The van der Waals surface area contributed by atoms with Crippen molar-refractivity contribution in [3.8, 4) is 0 Å². The molecule has 1 aliphatic rings. The third-order valence-corrected chi connectivity index (χ3v) is 3.18. The molecule has 0 aliphatic carbocycles. The number of nitrogens with two attached hydrogens (primary N) is 1. The Bertz CT molecular complexity index is 464. The van der Waals surface area contributed by atoms with E-state index in [1.54, 1.807) is 4.90 Å². The van der Waals surface area contributed by atoms with Crippen molar-refractivity contribution in [3.05, 3.63) is 35.9 Å². The zero-order chi connectivity index (χ0) is 14.4. The fourth-order valence-electron chi connectivity index (χ4n) is 2.07. The van der Waals surface area contributed by atoms with Gasteiger partial charge in [-0.15, -0.1) is 0 Å². The molecule has 0 bridgehead atoms. The number of piperazine rings is 1. The summed E-state index contributed by atoms with van der Waals surface area (Å²) in [5, 5.41) is 0. The standard InChI is InChI=1S/C14H19N3O3/c15-6-7-16-8-9-17(10-13(16)18)14(19)20-11-12-4-2-1-3-5-12/h1-5H,6-11,15H2. The fourth-order valence-corrected chi connectivity index (χ4v) is 2.07. The van der Waals surface area contributed by atoms with E-state index in [-0.39, 0.29) is 19.1 Å². The van der Waals surface area contributed by atoms with Crippen LogP contribution in [-0.2, 0) is 16.1 Å². The molecule has 1 aromatic rings. The molecule has 1 aliphatic heterocycles. The Morgan fingerprint density at radius 3 is 2.65 bits per heavy atom. The molecule has 1 aromatic carbocycles. The topological polar surface area (TPSA) is 75.9 Å². The maximum atomic E-state index is 11.9. The number of rotatable bonds is 4. The summed E-state index contributed by atoms with van der Waals surface area (Å²) in [6.07, 6.45) is -0.449. The van der Waals surface area contributed by atoms with Gasteiger partial charge in [0.1, 0.15) is 13.2 Å². The molecule has 0 unspecified atom stereocenters. The van der Waals surface area contributed by atoms with E-state index in [0.29, 0.717) is 26.2 Å². The average molecular weight is 277 g/mol. The maximum absolute atomic E-state index is 11.9. The lowest BCUT2D eigenvalue weighted by molar-refractivity contribution is -0.135. The van der Waals surface area contributed by atoms with Crippen molar-refractivity contribution in [2.75, 3.05) is 32.7 Å². The Morgan fingerprint density at radius 1 is 1.25 bits per heavy atom. The molecule has 2 rings (SSSR count). The van der Waals surface area contributed by atoms with Gasteiger partial charge >= 0.3 is 6.09 Å². The van der Waals surface area contributed by atoms with Crippen molar-refractivity contribution in [2.45, 2.75) is 6.61 Å². The molecule has 1 fully saturated rings. The Hall–Kier alpha value is -2.08. The Morgan fingerprint density at radius 2 is 2.00 bits per heavy atom. The second-order valence-corrected chi connectivity index (χ2v) is 4.63. The molecule has 6 heteroatoms. The van der Waals surface area contributed by atoms with E-state index in [1.807, 2.05) is 30.3 Å². The van der Waals surface area contributed by atoms with Gasteiger partial charge < -0.3 is 15.4 Å². The summed E-state index contributed by atoms with van der Waals surface area (Å²) in [5.41, 5.74) is 6.35. The van der Waals surface area contributed by atoms with Gasteiger partial charge in [0.25, 0.3) is 0 Å². The average Bonchev–Trinajstić information content (AvgIpc) is 2.48. The second-order valence-electron chi connectivity index (χ2n) is 4.63. The minimum atomic E-state index is -0.449. The van der Waals surface area contributed by atoms with Crippen LogP contribution in [0.3, 0.4) is 0 Å². The number of amides is 2. The summed E-state index contributed by atoms with van der Waals surface area (Å²) in [5.74, 6) is -0.0849. The molecule has 6 nitrogen and oxygen atoms in total. The van der Waals surface area contributed by atoms with Crippen molar-refractivity contribution >= 4 is 12.0 Å². The van der Waals surface area contributed by atoms with Crippen LogP contribution in [0.5, 0.6) is 0 Å².